The highest BCUT2D eigenvalue weighted by molar-refractivity contribution is 5.90. The van der Waals surface area contributed by atoms with E-state index in [0.29, 0.717) is 11.4 Å². The third-order valence-corrected chi connectivity index (χ3v) is 2.46. The zero-order valence-electron chi connectivity index (χ0n) is 11.0. The molecular weight excluding hydrogens is 280 g/mol. The topological polar surface area (TPSA) is 134 Å². The van der Waals surface area contributed by atoms with Gasteiger partial charge in [0.2, 0.25) is 5.91 Å². The lowest BCUT2D eigenvalue weighted by Crippen LogP contribution is -2.35. The Labute approximate surface area is 118 Å². The molecule has 21 heavy (non-hydrogen) atoms. The smallest absolute Gasteiger partial charge is 0.297 e. The number of hydrogen-bond donors (Lipinski definition) is 2. The van der Waals surface area contributed by atoms with Gasteiger partial charge in [-0.1, -0.05) is 0 Å². The summed E-state index contributed by atoms with van der Waals surface area (Å²) >= 11 is 0. The van der Waals surface area contributed by atoms with Crippen LogP contribution in [0.4, 0.5) is 5.69 Å². The van der Waals surface area contributed by atoms with Crippen molar-refractivity contribution in [3.8, 4) is 5.75 Å². The molecule has 0 aliphatic carbocycles. The lowest BCUT2D eigenvalue weighted by Gasteiger charge is -2.05. The van der Waals surface area contributed by atoms with Crippen molar-refractivity contribution in [3.05, 3.63) is 40.9 Å². The van der Waals surface area contributed by atoms with Gasteiger partial charge >= 0.3 is 0 Å². The summed E-state index contributed by atoms with van der Waals surface area (Å²) < 4.78 is 9.65. The number of nitrogens with one attached hydrogen (secondary N) is 1. The van der Waals surface area contributed by atoms with Crippen LogP contribution in [-0.4, -0.2) is 17.0 Å². The molecule has 0 bridgehead atoms. The van der Waals surface area contributed by atoms with Crippen molar-refractivity contribution < 1.29 is 23.9 Å². The summed E-state index contributed by atoms with van der Waals surface area (Å²) in [5.74, 6) is -0.678. The van der Waals surface area contributed by atoms with E-state index >= 15 is 0 Å². The van der Waals surface area contributed by atoms with Gasteiger partial charge < -0.3 is 21.0 Å². The van der Waals surface area contributed by atoms with Crippen molar-refractivity contribution in [3.63, 3.8) is 0 Å². The number of amides is 2. The number of primary amides is 1. The highest BCUT2D eigenvalue weighted by Gasteiger charge is 2.24. The third-order valence-electron chi connectivity index (χ3n) is 2.46. The van der Waals surface area contributed by atoms with Crippen LogP contribution in [0.2, 0.25) is 0 Å². The molecule has 2 aromatic rings. The number of benzene rings is 1. The Morgan fingerprint density at radius 1 is 1.43 bits per heavy atom. The first-order chi connectivity index (χ1) is 9.97. The number of rotatable bonds is 5. The highest BCUT2D eigenvalue weighted by Crippen LogP contribution is 2.17. The van der Waals surface area contributed by atoms with Gasteiger partial charge in [-0.3, -0.25) is 14.2 Å². The monoisotopic (exact) mass is 292 g/mol. The number of aromatic nitrogens is 2. The molecule has 3 N–H and O–H groups in total. The maximum atomic E-state index is 11.1. The first-order valence-corrected chi connectivity index (χ1v) is 5.86. The molecule has 0 saturated heterocycles. The summed E-state index contributed by atoms with van der Waals surface area (Å²) in [5, 5.41) is 17.1. The number of ether oxygens (including phenoxy) is 1. The second-order valence-corrected chi connectivity index (χ2v) is 4.08. The number of carbonyl (C=O) groups excluding carboxylic acids is 2. The molecule has 0 unspecified atom stereocenters. The molecule has 0 fully saturated rings. The Bertz CT molecular complexity index is 665. The maximum absolute atomic E-state index is 11.1. The standard InChI is InChI=1S/C12H12N4O5/c1-7(17)14-8-2-4-9(5-3-8)20-6-10-11(12(13)18)16(19)21-15-10/h2-5H,6H2,1H3,(H2,13,18)(H,14,17). The summed E-state index contributed by atoms with van der Waals surface area (Å²) in [4.78, 5) is 21.9. The normalized spacial score (nSPS) is 10.1. The summed E-state index contributed by atoms with van der Waals surface area (Å²) in [6, 6.07) is 6.51. The lowest BCUT2D eigenvalue weighted by atomic mass is 10.3. The average Bonchev–Trinajstić information content (AvgIpc) is 2.78. The van der Waals surface area contributed by atoms with Crippen molar-refractivity contribution in [2.24, 2.45) is 5.73 Å². The zero-order valence-corrected chi connectivity index (χ0v) is 11.0. The molecule has 0 aliphatic rings. The van der Waals surface area contributed by atoms with Gasteiger partial charge in [0.05, 0.1) is 0 Å². The zero-order chi connectivity index (χ0) is 15.4. The van der Waals surface area contributed by atoms with Gasteiger partial charge in [0.15, 0.2) is 6.61 Å². The molecule has 2 amide bonds. The fraction of sp³-hybridized carbons (Fsp3) is 0.167. The minimum absolute atomic E-state index is 0.00318. The first-order valence-electron chi connectivity index (χ1n) is 5.86. The van der Waals surface area contributed by atoms with Crippen molar-refractivity contribution in [2.75, 3.05) is 5.32 Å². The predicted molar refractivity (Wildman–Crippen MR) is 69.1 cm³/mol. The average molecular weight is 292 g/mol. The van der Waals surface area contributed by atoms with Crippen LogP contribution in [0.25, 0.3) is 0 Å². The number of anilines is 1. The fourth-order valence-electron chi connectivity index (χ4n) is 1.59. The second-order valence-electron chi connectivity index (χ2n) is 4.08. The van der Waals surface area contributed by atoms with Crippen LogP contribution < -0.4 is 20.7 Å². The molecule has 1 aromatic heterocycles. The maximum Gasteiger partial charge on any atom is 0.297 e. The van der Waals surface area contributed by atoms with Crippen LogP contribution in [0, 0.1) is 5.21 Å². The van der Waals surface area contributed by atoms with Gasteiger partial charge in [-0.2, -0.15) is 0 Å². The van der Waals surface area contributed by atoms with Gasteiger partial charge in [-0.15, -0.1) is 0 Å². The molecule has 0 saturated carbocycles. The molecule has 9 nitrogen and oxygen atoms in total. The Kier molecular flexibility index (Phi) is 4.02. The Morgan fingerprint density at radius 2 is 2.10 bits per heavy atom. The Morgan fingerprint density at radius 3 is 2.67 bits per heavy atom. The van der Waals surface area contributed by atoms with Crippen LogP contribution in [-0.2, 0) is 11.4 Å². The molecule has 0 atom stereocenters. The largest absolute Gasteiger partial charge is 0.485 e. The van der Waals surface area contributed by atoms with Crippen LogP contribution >= 0.6 is 0 Å². The summed E-state index contributed by atoms with van der Waals surface area (Å²) in [6.07, 6.45) is 0. The second kappa shape index (κ2) is 5.90. The molecule has 0 aliphatic heterocycles. The minimum Gasteiger partial charge on any atom is -0.485 e. The van der Waals surface area contributed by atoms with E-state index < -0.39 is 11.6 Å². The summed E-state index contributed by atoms with van der Waals surface area (Å²) in [5.41, 5.74) is 5.26. The molecular formula is C12H12N4O5. The van der Waals surface area contributed by atoms with E-state index in [-0.39, 0.29) is 23.1 Å². The van der Waals surface area contributed by atoms with E-state index in [9.17, 15) is 14.8 Å². The first kappa shape index (κ1) is 14.3. The van der Waals surface area contributed by atoms with Crippen LogP contribution in [0.1, 0.15) is 23.1 Å². The molecule has 9 heteroatoms. The van der Waals surface area contributed by atoms with Crippen molar-refractivity contribution >= 4 is 17.5 Å². The van der Waals surface area contributed by atoms with Crippen molar-refractivity contribution in [1.29, 1.82) is 0 Å². The number of nitrogens with two attached hydrogens (primary N) is 1. The molecule has 0 radical (unpaired) electrons. The van der Waals surface area contributed by atoms with Crippen LogP contribution in [0.5, 0.6) is 5.75 Å². The van der Waals surface area contributed by atoms with Gasteiger partial charge in [0.1, 0.15) is 5.75 Å². The quantitative estimate of drug-likeness (QED) is 0.741. The van der Waals surface area contributed by atoms with E-state index in [0.717, 1.165) is 0 Å². The molecule has 1 heterocycles. The van der Waals surface area contributed by atoms with Crippen LogP contribution in [0.3, 0.4) is 0 Å². The summed E-state index contributed by atoms with van der Waals surface area (Å²) in [6.45, 7) is 1.25. The van der Waals surface area contributed by atoms with E-state index in [1.165, 1.54) is 6.92 Å². The van der Waals surface area contributed by atoms with Crippen molar-refractivity contribution in [2.45, 2.75) is 13.5 Å². The van der Waals surface area contributed by atoms with E-state index in [1.54, 1.807) is 24.3 Å². The molecule has 0 spiro atoms. The van der Waals surface area contributed by atoms with Gasteiger partial charge in [-0.05, 0) is 29.2 Å². The lowest BCUT2D eigenvalue weighted by molar-refractivity contribution is -0.803. The van der Waals surface area contributed by atoms with E-state index in [1.807, 2.05) is 0 Å². The van der Waals surface area contributed by atoms with Gasteiger partial charge in [0, 0.05) is 17.8 Å². The SMILES string of the molecule is CC(=O)Nc1ccc(OCc2no[n+]([O-])c2C(N)=O)cc1. The molecule has 2 rings (SSSR count). The Hall–Kier alpha value is -3.10. The van der Waals surface area contributed by atoms with Gasteiger partial charge in [-0.25, -0.2) is 0 Å². The highest BCUT2D eigenvalue weighted by atomic mass is 16.8. The number of nitrogens with zero attached hydrogens (tertiary/aromatic N) is 2. The van der Waals surface area contributed by atoms with E-state index in [4.69, 9.17) is 10.5 Å². The van der Waals surface area contributed by atoms with Gasteiger partial charge in [0.25, 0.3) is 17.3 Å². The minimum atomic E-state index is -0.953. The van der Waals surface area contributed by atoms with Crippen molar-refractivity contribution in [1.82, 2.24) is 5.16 Å². The number of hydrogen-bond acceptors (Lipinski definition) is 6. The Balaban J connectivity index is 2.03. The molecule has 110 valence electrons. The molecule has 1 aromatic carbocycles. The van der Waals surface area contributed by atoms with E-state index in [2.05, 4.69) is 15.1 Å². The van der Waals surface area contributed by atoms with Crippen LogP contribution in [0.15, 0.2) is 28.9 Å². The number of carbonyl (C=O) groups is 2. The third kappa shape index (κ3) is 3.47. The fourth-order valence-corrected chi connectivity index (χ4v) is 1.59. The summed E-state index contributed by atoms with van der Waals surface area (Å²) in [7, 11) is 0. The predicted octanol–water partition coefficient (Wildman–Crippen LogP) is -0.0557.